The number of para-hydroxylation sites is 1. The fourth-order valence-electron chi connectivity index (χ4n) is 2.54. The van der Waals surface area contributed by atoms with Gasteiger partial charge in [-0.25, -0.2) is 0 Å². The number of anilines is 1. The van der Waals surface area contributed by atoms with Crippen LogP contribution in [0.5, 0.6) is 5.75 Å². The first-order valence-electron chi connectivity index (χ1n) is 8.25. The van der Waals surface area contributed by atoms with Crippen LogP contribution in [0.25, 0.3) is 0 Å². The molecule has 0 aliphatic carbocycles. The summed E-state index contributed by atoms with van der Waals surface area (Å²) < 4.78 is 5.75. The zero-order chi connectivity index (χ0) is 17.4. The molecule has 0 aliphatic heterocycles. The monoisotopic (exact) mass is 343 g/mol. The number of ether oxygens (including phenoxy) is 1. The van der Waals surface area contributed by atoms with E-state index in [1.165, 1.54) is 11.1 Å². The third-order valence-electron chi connectivity index (χ3n) is 3.60. The van der Waals surface area contributed by atoms with Crippen molar-refractivity contribution in [1.29, 1.82) is 0 Å². The summed E-state index contributed by atoms with van der Waals surface area (Å²) in [7, 11) is 0. The molecular weight excluding hydrogens is 318 g/mol. The SMILES string of the molecule is CCc1ccccc1NC(=O)CSCCOc1cc(C)cc(C)c1. The molecule has 0 bridgehead atoms. The average Bonchev–Trinajstić information content (AvgIpc) is 2.54. The lowest BCUT2D eigenvalue weighted by atomic mass is 10.1. The first-order valence-corrected chi connectivity index (χ1v) is 9.40. The van der Waals surface area contributed by atoms with Crippen molar-refractivity contribution >= 4 is 23.4 Å². The highest BCUT2D eigenvalue weighted by atomic mass is 32.2. The fourth-order valence-corrected chi connectivity index (χ4v) is 3.14. The van der Waals surface area contributed by atoms with Crippen LogP contribution in [0.1, 0.15) is 23.6 Å². The minimum absolute atomic E-state index is 0.0345. The summed E-state index contributed by atoms with van der Waals surface area (Å²) in [5, 5.41) is 2.98. The zero-order valence-electron chi connectivity index (χ0n) is 14.6. The molecule has 1 amide bonds. The Bertz CT molecular complexity index is 665. The van der Waals surface area contributed by atoms with Crippen molar-refractivity contribution in [1.82, 2.24) is 0 Å². The van der Waals surface area contributed by atoms with Crippen LogP contribution in [0.2, 0.25) is 0 Å². The number of hydrogen-bond acceptors (Lipinski definition) is 3. The van der Waals surface area contributed by atoms with Gasteiger partial charge < -0.3 is 10.1 Å². The highest BCUT2D eigenvalue weighted by Gasteiger charge is 2.05. The first-order chi connectivity index (χ1) is 11.6. The molecule has 0 spiro atoms. The topological polar surface area (TPSA) is 38.3 Å². The number of rotatable bonds is 8. The minimum atomic E-state index is 0.0345. The molecule has 0 radical (unpaired) electrons. The van der Waals surface area contributed by atoms with E-state index in [0.717, 1.165) is 29.2 Å². The highest BCUT2D eigenvalue weighted by Crippen LogP contribution is 2.17. The number of aryl methyl sites for hydroxylation is 3. The van der Waals surface area contributed by atoms with Gasteiger partial charge in [-0.1, -0.05) is 31.2 Å². The minimum Gasteiger partial charge on any atom is -0.493 e. The van der Waals surface area contributed by atoms with Gasteiger partial charge >= 0.3 is 0 Å². The molecule has 0 saturated carbocycles. The average molecular weight is 343 g/mol. The molecule has 0 aromatic heterocycles. The predicted octanol–water partition coefficient (Wildman–Crippen LogP) is 4.62. The van der Waals surface area contributed by atoms with Crippen molar-refractivity contribution in [2.45, 2.75) is 27.2 Å². The van der Waals surface area contributed by atoms with Gasteiger partial charge in [-0.2, -0.15) is 0 Å². The Kier molecular flexibility index (Phi) is 7.19. The lowest BCUT2D eigenvalue weighted by molar-refractivity contribution is -0.113. The molecule has 2 aromatic carbocycles. The molecule has 0 aliphatic rings. The number of nitrogens with one attached hydrogen (secondary N) is 1. The van der Waals surface area contributed by atoms with Crippen LogP contribution in [0.4, 0.5) is 5.69 Å². The number of hydrogen-bond donors (Lipinski definition) is 1. The van der Waals surface area contributed by atoms with Crippen molar-refractivity contribution in [3.8, 4) is 5.75 Å². The number of thioether (sulfide) groups is 1. The van der Waals surface area contributed by atoms with Gasteiger partial charge in [0.15, 0.2) is 0 Å². The Morgan fingerprint density at radius 3 is 2.54 bits per heavy atom. The first kappa shape index (κ1) is 18.4. The van der Waals surface area contributed by atoms with E-state index in [-0.39, 0.29) is 5.91 Å². The van der Waals surface area contributed by atoms with Crippen LogP contribution in [-0.4, -0.2) is 24.0 Å². The summed E-state index contributed by atoms with van der Waals surface area (Å²) in [5.41, 5.74) is 4.48. The molecule has 3 nitrogen and oxygen atoms in total. The van der Waals surface area contributed by atoms with Gasteiger partial charge in [-0.15, -0.1) is 11.8 Å². The van der Waals surface area contributed by atoms with E-state index < -0.39 is 0 Å². The predicted molar refractivity (Wildman–Crippen MR) is 103 cm³/mol. The van der Waals surface area contributed by atoms with Crippen molar-refractivity contribution in [2.24, 2.45) is 0 Å². The molecule has 0 saturated heterocycles. The maximum Gasteiger partial charge on any atom is 0.234 e. The van der Waals surface area contributed by atoms with Crippen molar-refractivity contribution in [2.75, 3.05) is 23.4 Å². The standard InChI is InChI=1S/C20H25NO2S/c1-4-17-7-5-6-8-19(17)21-20(22)14-24-10-9-23-18-12-15(2)11-16(3)13-18/h5-8,11-13H,4,9-10,14H2,1-3H3,(H,21,22). The van der Waals surface area contributed by atoms with E-state index in [1.54, 1.807) is 11.8 Å². The zero-order valence-corrected chi connectivity index (χ0v) is 15.4. The van der Waals surface area contributed by atoms with Crippen LogP contribution in [0, 0.1) is 13.8 Å². The van der Waals surface area contributed by atoms with Crippen molar-refractivity contribution in [3.63, 3.8) is 0 Å². The Morgan fingerprint density at radius 1 is 1.12 bits per heavy atom. The van der Waals surface area contributed by atoms with Gasteiger partial charge in [0, 0.05) is 11.4 Å². The largest absolute Gasteiger partial charge is 0.493 e. The Labute approximate surface area is 148 Å². The lowest BCUT2D eigenvalue weighted by Gasteiger charge is -2.10. The van der Waals surface area contributed by atoms with Gasteiger partial charge in [0.2, 0.25) is 5.91 Å². The second kappa shape index (κ2) is 9.38. The molecule has 0 atom stereocenters. The summed E-state index contributed by atoms with van der Waals surface area (Å²) in [5.74, 6) is 2.16. The van der Waals surface area contributed by atoms with Crippen LogP contribution < -0.4 is 10.1 Å². The number of amides is 1. The van der Waals surface area contributed by atoms with E-state index in [0.29, 0.717) is 12.4 Å². The van der Waals surface area contributed by atoms with E-state index >= 15 is 0 Å². The molecule has 128 valence electrons. The van der Waals surface area contributed by atoms with Crippen molar-refractivity contribution < 1.29 is 9.53 Å². The van der Waals surface area contributed by atoms with E-state index in [4.69, 9.17) is 4.74 Å². The lowest BCUT2D eigenvalue weighted by Crippen LogP contribution is -2.16. The van der Waals surface area contributed by atoms with E-state index in [1.807, 2.05) is 36.4 Å². The summed E-state index contributed by atoms with van der Waals surface area (Å²) in [4.78, 5) is 12.0. The van der Waals surface area contributed by atoms with E-state index in [2.05, 4.69) is 32.2 Å². The maximum absolute atomic E-state index is 12.0. The molecule has 24 heavy (non-hydrogen) atoms. The quantitative estimate of drug-likeness (QED) is 0.711. The van der Waals surface area contributed by atoms with Gasteiger partial charge in [-0.05, 0) is 55.2 Å². The Morgan fingerprint density at radius 2 is 1.83 bits per heavy atom. The third-order valence-corrected chi connectivity index (χ3v) is 4.52. The summed E-state index contributed by atoms with van der Waals surface area (Å²) in [6.45, 7) is 6.82. The summed E-state index contributed by atoms with van der Waals surface area (Å²) >= 11 is 1.58. The van der Waals surface area contributed by atoms with E-state index in [9.17, 15) is 4.79 Å². The van der Waals surface area contributed by atoms with Crippen LogP contribution in [0.3, 0.4) is 0 Å². The highest BCUT2D eigenvalue weighted by molar-refractivity contribution is 7.99. The van der Waals surface area contributed by atoms with Gasteiger partial charge in [0.1, 0.15) is 5.75 Å². The fraction of sp³-hybridized carbons (Fsp3) is 0.350. The van der Waals surface area contributed by atoms with Gasteiger partial charge in [0.05, 0.1) is 12.4 Å². The smallest absolute Gasteiger partial charge is 0.234 e. The second-order valence-electron chi connectivity index (χ2n) is 5.78. The molecule has 4 heteroatoms. The Hall–Kier alpha value is -1.94. The molecule has 0 fully saturated rings. The Balaban J connectivity index is 1.69. The second-order valence-corrected chi connectivity index (χ2v) is 6.89. The normalized spacial score (nSPS) is 10.5. The number of benzene rings is 2. The van der Waals surface area contributed by atoms with Crippen LogP contribution >= 0.6 is 11.8 Å². The summed E-state index contributed by atoms with van der Waals surface area (Å²) in [6, 6.07) is 14.1. The molecule has 0 unspecified atom stereocenters. The van der Waals surface area contributed by atoms with Crippen LogP contribution in [0.15, 0.2) is 42.5 Å². The van der Waals surface area contributed by atoms with Gasteiger partial charge in [-0.3, -0.25) is 4.79 Å². The molecule has 2 rings (SSSR count). The molecule has 1 N–H and O–H groups in total. The third kappa shape index (κ3) is 5.93. The maximum atomic E-state index is 12.0. The molecule has 0 heterocycles. The summed E-state index contributed by atoms with van der Waals surface area (Å²) in [6.07, 6.45) is 0.910. The van der Waals surface area contributed by atoms with Crippen LogP contribution in [-0.2, 0) is 11.2 Å². The molecular formula is C20H25NO2S. The number of carbonyl (C=O) groups is 1. The number of carbonyl (C=O) groups excluding carboxylic acids is 1. The molecule has 2 aromatic rings. The van der Waals surface area contributed by atoms with Gasteiger partial charge in [0.25, 0.3) is 0 Å². The van der Waals surface area contributed by atoms with Crippen molar-refractivity contribution in [3.05, 3.63) is 59.2 Å².